The number of aromatic nitrogens is 1. The maximum Gasteiger partial charge on any atom is 0.273 e. The SMILES string of the molecule is O=C(c1nccc2ccccc12)N1CCCC(CCO)C1. The second kappa shape index (κ2) is 6.22. The molecule has 1 aliphatic rings. The van der Waals surface area contributed by atoms with Crippen LogP contribution in [-0.4, -0.2) is 40.6 Å². The molecule has 1 N–H and O–H groups in total. The minimum absolute atomic E-state index is 0.00874. The molecular formula is C17H20N2O2. The first-order valence-corrected chi connectivity index (χ1v) is 7.53. The molecule has 110 valence electrons. The first-order chi connectivity index (χ1) is 10.3. The van der Waals surface area contributed by atoms with Gasteiger partial charge in [-0.2, -0.15) is 0 Å². The second-order valence-corrected chi connectivity index (χ2v) is 5.65. The molecule has 1 saturated heterocycles. The fraction of sp³-hybridized carbons (Fsp3) is 0.412. The van der Waals surface area contributed by atoms with E-state index in [0.29, 0.717) is 11.6 Å². The molecule has 1 aliphatic heterocycles. The lowest BCUT2D eigenvalue weighted by atomic mass is 9.95. The number of aliphatic hydroxyl groups excluding tert-OH is 1. The molecule has 21 heavy (non-hydrogen) atoms. The summed E-state index contributed by atoms with van der Waals surface area (Å²) in [6.45, 7) is 1.70. The van der Waals surface area contributed by atoms with Gasteiger partial charge in [0.2, 0.25) is 0 Å². The topological polar surface area (TPSA) is 53.4 Å². The van der Waals surface area contributed by atoms with Crippen molar-refractivity contribution in [1.82, 2.24) is 9.88 Å². The van der Waals surface area contributed by atoms with E-state index >= 15 is 0 Å². The van der Waals surface area contributed by atoms with Crippen molar-refractivity contribution in [2.75, 3.05) is 19.7 Å². The summed E-state index contributed by atoms with van der Waals surface area (Å²) in [7, 11) is 0. The summed E-state index contributed by atoms with van der Waals surface area (Å²) in [6, 6.07) is 9.78. The van der Waals surface area contributed by atoms with Gasteiger partial charge in [0.15, 0.2) is 0 Å². The Labute approximate surface area is 124 Å². The van der Waals surface area contributed by atoms with Crippen LogP contribution in [0.5, 0.6) is 0 Å². The number of fused-ring (bicyclic) bond motifs is 1. The van der Waals surface area contributed by atoms with E-state index < -0.39 is 0 Å². The van der Waals surface area contributed by atoms with Crippen LogP contribution in [0.3, 0.4) is 0 Å². The number of benzene rings is 1. The molecule has 0 spiro atoms. The van der Waals surface area contributed by atoms with Crippen molar-refractivity contribution >= 4 is 16.7 Å². The molecule has 1 aromatic heterocycles. The van der Waals surface area contributed by atoms with E-state index in [2.05, 4.69) is 4.98 Å². The number of rotatable bonds is 3. The number of carbonyl (C=O) groups excluding carboxylic acids is 1. The molecule has 1 atom stereocenters. The zero-order chi connectivity index (χ0) is 14.7. The van der Waals surface area contributed by atoms with Gasteiger partial charge in [0.25, 0.3) is 5.91 Å². The zero-order valence-corrected chi connectivity index (χ0v) is 12.0. The Bertz CT molecular complexity index is 634. The van der Waals surface area contributed by atoms with Crippen molar-refractivity contribution in [3.63, 3.8) is 0 Å². The predicted octanol–water partition coefficient (Wildman–Crippen LogP) is 2.47. The third kappa shape index (κ3) is 2.90. The highest BCUT2D eigenvalue weighted by molar-refractivity contribution is 6.05. The summed E-state index contributed by atoms with van der Waals surface area (Å²) >= 11 is 0. The molecule has 0 saturated carbocycles. The molecule has 2 aromatic rings. The van der Waals surface area contributed by atoms with Crippen LogP contribution in [0.25, 0.3) is 10.8 Å². The summed E-state index contributed by atoms with van der Waals surface area (Å²) in [5.74, 6) is 0.414. The maximum atomic E-state index is 12.8. The summed E-state index contributed by atoms with van der Waals surface area (Å²) in [5.41, 5.74) is 0.540. The molecular weight excluding hydrogens is 264 g/mol. The minimum atomic E-state index is 0.00874. The van der Waals surface area contributed by atoms with E-state index in [-0.39, 0.29) is 12.5 Å². The van der Waals surface area contributed by atoms with Crippen LogP contribution in [-0.2, 0) is 0 Å². The lowest BCUT2D eigenvalue weighted by Gasteiger charge is -2.32. The highest BCUT2D eigenvalue weighted by Crippen LogP contribution is 2.23. The second-order valence-electron chi connectivity index (χ2n) is 5.65. The van der Waals surface area contributed by atoms with Crippen molar-refractivity contribution in [2.45, 2.75) is 19.3 Å². The molecule has 1 aromatic carbocycles. The van der Waals surface area contributed by atoms with Crippen molar-refractivity contribution in [3.05, 3.63) is 42.2 Å². The molecule has 0 bridgehead atoms. The number of aliphatic hydroxyl groups is 1. The van der Waals surface area contributed by atoms with Crippen LogP contribution >= 0.6 is 0 Å². The third-order valence-corrected chi connectivity index (χ3v) is 4.22. The maximum absolute atomic E-state index is 12.8. The van der Waals surface area contributed by atoms with Crippen LogP contribution in [0, 0.1) is 5.92 Å². The van der Waals surface area contributed by atoms with Crippen molar-refractivity contribution in [3.8, 4) is 0 Å². The van der Waals surface area contributed by atoms with Gasteiger partial charge < -0.3 is 10.0 Å². The number of nitrogens with zero attached hydrogens (tertiary/aromatic N) is 2. The van der Waals surface area contributed by atoms with Gasteiger partial charge in [0.1, 0.15) is 5.69 Å². The summed E-state index contributed by atoms with van der Waals surface area (Å²) < 4.78 is 0. The standard InChI is InChI=1S/C17H20N2O2/c20-11-8-13-4-3-10-19(12-13)17(21)16-15-6-2-1-5-14(15)7-9-18-16/h1-2,5-7,9,13,20H,3-4,8,10-12H2. The van der Waals surface area contributed by atoms with E-state index in [1.807, 2.05) is 35.2 Å². The minimum Gasteiger partial charge on any atom is -0.396 e. The van der Waals surface area contributed by atoms with Crippen LogP contribution in [0.2, 0.25) is 0 Å². The highest BCUT2D eigenvalue weighted by atomic mass is 16.3. The number of hydrogen-bond acceptors (Lipinski definition) is 3. The first kappa shape index (κ1) is 14.0. The fourth-order valence-electron chi connectivity index (χ4n) is 3.11. The Hall–Kier alpha value is -1.94. The normalized spacial score (nSPS) is 18.9. The van der Waals surface area contributed by atoms with Crippen molar-refractivity contribution in [1.29, 1.82) is 0 Å². The number of pyridine rings is 1. The van der Waals surface area contributed by atoms with Gasteiger partial charge in [-0.3, -0.25) is 9.78 Å². The number of carbonyl (C=O) groups is 1. The van der Waals surface area contributed by atoms with Gasteiger partial charge in [-0.15, -0.1) is 0 Å². The van der Waals surface area contributed by atoms with Crippen LogP contribution in [0.1, 0.15) is 29.8 Å². The number of amides is 1. The van der Waals surface area contributed by atoms with Crippen LogP contribution < -0.4 is 0 Å². The quantitative estimate of drug-likeness (QED) is 0.942. The van der Waals surface area contributed by atoms with Gasteiger partial charge in [0, 0.05) is 31.3 Å². The lowest BCUT2D eigenvalue weighted by Crippen LogP contribution is -2.40. The summed E-state index contributed by atoms with van der Waals surface area (Å²) in [4.78, 5) is 19.0. The average Bonchev–Trinajstić information content (AvgIpc) is 2.54. The fourth-order valence-corrected chi connectivity index (χ4v) is 3.11. The summed E-state index contributed by atoms with van der Waals surface area (Å²) in [5, 5.41) is 11.0. The van der Waals surface area contributed by atoms with Gasteiger partial charge in [-0.1, -0.05) is 24.3 Å². The van der Waals surface area contributed by atoms with Gasteiger partial charge >= 0.3 is 0 Å². The van der Waals surface area contributed by atoms with E-state index in [0.717, 1.165) is 43.1 Å². The monoisotopic (exact) mass is 284 g/mol. The van der Waals surface area contributed by atoms with Gasteiger partial charge in [0.05, 0.1) is 0 Å². The molecule has 4 nitrogen and oxygen atoms in total. The number of likely N-dealkylation sites (tertiary alicyclic amines) is 1. The van der Waals surface area contributed by atoms with E-state index in [1.165, 1.54) is 0 Å². The molecule has 2 heterocycles. The first-order valence-electron chi connectivity index (χ1n) is 7.53. The van der Waals surface area contributed by atoms with Crippen molar-refractivity contribution in [2.24, 2.45) is 5.92 Å². The van der Waals surface area contributed by atoms with Crippen molar-refractivity contribution < 1.29 is 9.90 Å². The highest BCUT2D eigenvalue weighted by Gasteiger charge is 2.25. The molecule has 4 heteroatoms. The summed E-state index contributed by atoms with van der Waals surface area (Å²) in [6.07, 6.45) is 4.56. The third-order valence-electron chi connectivity index (χ3n) is 4.22. The Balaban J connectivity index is 1.86. The van der Waals surface area contributed by atoms with E-state index in [4.69, 9.17) is 5.11 Å². The smallest absolute Gasteiger partial charge is 0.273 e. The number of piperidine rings is 1. The van der Waals surface area contributed by atoms with Gasteiger partial charge in [-0.05, 0) is 36.6 Å². The Morgan fingerprint density at radius 2 is 2.19 bits per heavy atom. The zero-order valence-electron chi connectivity index (χ0n) is 12.0. The molecule has 1 unspecified atom stereocenters. The Morgan fingerprint density at radius 3 is 3.05 bits per heavy atom. The Kier molecular flexibility index (Phi) is 4.15. The largest absolute Gasteiger partial charge is 0.396 e. The van der Waals surface area contributed by atoms with Gasteiger partial charge in [-0.25, -0.2) is 0 Å². The predicted molar refractivity (Wildman–Crippen MR) is 82.1 cm³/mol. The van der Waals surface area contributed by atoms with E-state index in [1.54, 1.807) is 6.20 Å². The lowest BCUT2D eigenvalue weighted by molar-refractivity contribution is 0.0650. The van der Waals surface area contributed by atoms with Crippen LogP contribution in [0.4, 0.5) is 0 Å². The Morgan fingerprint density at radius 1 is 1.33 bits per heavy atom. The van der Waals surface area contributed by atoms with Crippen LogP contribution in [0.15, 0.2) is 36.5 Å². The van der Waals surface area contributed by atoms with E-state index in [9.17, 15) is 4.79 Å². The molecule has 0 aliphatic carbocycles. The molecule has 1 amide bonds. The molecule has 1 fully saturated rings. The molecule has 3 rings (SSSR count). The average molecular weight is 284 g/mol. The molecule has 0 radical (unpaired) electrons. The number of hydrogen-bond donors (Lipinski definition) is 1.